The SMILES string of the molecule is Cc1c(C(=O)Nc2ccc(Cl)c(-c3nc4ccccc4s3)c2)cccc1[N+](=O)[O-]. The van der Waals surface area contributed by atoms with Crippen molar-refractivity contribution in [1.29, 1.82) is 0 Å². The number of hydrogen-bond donors (Lipinski definition) is 1. The van der Waals surface area contributed by atoms with Gasteiger partial charge in [0.05, 0.1) is 20.2 Å². The standard InChI is InChI=1S/C21H14ClN3O3S/c1-12-14(5-4-7-18(12)25(27)28)20(26)23-13-9-10-16(22)15(11-13)21-24-17-6-2-3-8-19(17)29-21/h2-11H,1H3,(H,23,26). The van der Waals surface area contributed by atoms with Crippen LogP contribution in [-0.2, 0) is 0 Å². The average molecular weight is 424 g/mol. The van der Waals surface area contributed by atoms with Gasteiger partial charge in [-0.05, 0) is 43.3 Å². The van der Waals surface area contributed by atoms with E-state index in [1.807, 2.05) is 24.3 Å². The van der Waals surface area contributed by atoms with Crippen molar-refractivity contribution in [2.24, 2.45) is 0 Å². The summed E-state index contributed by atoms with van der Waals surface area (Å²) in [5.74, 6) is -0.427. The molecule has 8 heteroatoms. The van der Waals surface area contributed by atoms with Crippen molar-refractivity contribution >= 4 is 50.4 Å². The molecule has 1 N–H and O–H groups in total. The fourth-order valence-corrected chi connectivity index (χ4v) is 4.28. The Bertz CT molecular complexity index is 1240. The highest BCUT2D eigenvalue weighted by Crippen LogP contribution is 2.36. The summed E-state index contributed by atoms with van der Waals surface area (Å²) in [6.07, 6.45) is 0. The van der Waals surface area contributed by atoms with Crippen LogP contribution in [0.5, 0.6) is 0 Å². The van der Waals surface area contributed by atoms with E-state index in [0.29, 0.717) is 21.8 Å². The predicted octanol–water partition coefficient (Wildman–Crippen LogP) is 6.09. The summed E-state index contributed by atoms with van der Waals surface area (Å²) in [6.45, 7) is 1.56. The molecule has 0 fully saturated rings. The van der Waals surface area contributed by atoms with Crippen LogP contribution >= 0.6 is 22.9 Å². The van der Waals surface area contributed by atoms with Gasteiger partial charge in [-0.15, -0.1) is 11.3 Å². The van der Waals surface area contributed by atoms with Gasteiger partial charge in [0.2, 0.25) is 0 Å². The van der Waals surface area contributed by atoms with Gasteiger partial charge in [0.1, 0.15) is 5.01 Å². The Kier molecular flexibility index (Phi) is 5.00. The smallest absolute Gasteiger partial charge is 0.273 e. The first-order chi connectivity index (χ1) is 13.9. The lowest BCUT2D eigenvalue weighted by Gasteiger charge is -2.10. The van der Waals surface area contributed by atoms with Gasteiger partial charge < -0.3 is 5.32 Å². The number of carbonyl (C=O) groups is 1. The monoisotopic (exact) mass is 423 g/mol. The third-order valence-electron chi connectivity index (χ3n) is 4.50. The Balaban J connectivity index is 1.67. The van der Waals surface area contributed by atoms with Gasteiger partial charge >= 0.3 is 0 Å². The molecular weight excluding hydrogens is 410 g/mol. The fourth-order valence-electron chi connectivity index (χ4n) is 3.02. The van der Waals surface area contributed by atoms with E-state index in [0.717, 1.165) is 15.2 Å². The van der Waals surface area contributed by atoms with Crippen LogP contribution in [0.1, 0.15) is 15.9 Å². The number of fused-ring (bicyclic) bond motifs is 1. The molecule has 6 nitrogen and oxygen atoms in total. The maximum absolute atomic E-state index is 12.7. The van der Waals surface area contributed by atoms with Crippen LogP contribution in [0.15, 0.2) is 60.7 Å². The van der Waals surface area contributed by atoms with Gasteiger partial charge in [-0.2, -0.15) is 0 Å². The molecule has 144 valence electrons. The number of thiazole rings is 1. The highest BCUT2D eigenvalue weighted by atomic mass is 35.5. The number of anilines is 1. The molecule has 0 saturated carbocycles. The number of nitrogens with one attached hydrogen (secondary N) is 1. The van der Waals surface area contributed by atoms with Crippen molar-refractivity contribution in [3.63, 3.8) is 0 Å². The minimum absolute atomic E-state index is 0.0936. The second kappa shape index (κ2) is 7.62. The molecule has 0 aliphatic carbocycles. The molecule has 0 radical (unpaired) electrons. The molecule has 1 aromatic heterocycles. The Morgan fingerprint density at radius 3 is 2.69 bits per heavy atom. The van der Waals surface area contributed by atoms with E-state index in [4.69, 9.17) is 11.6 Å². The first kappa shape index (κ1) is 19.0. The predicted molar refractivity (Wildman–Crippen MR) is 116 cm³/mol. The summed E-state index contributed by atoms with van der Waals surface area (Å²) in [6, 6.07) is 17.3. The molecule has 0 saturated heterocycles. The number of nitrogens with zero attached hydrogens (tertiary/aromatic N) is 2. The molecule has 3 aromatic carbocycles. The van der Waals surface area contributed by atoms with E-state index in [-0.39, 0.29) is 11.3 Å². The van der Waals surface area contributed by atoms with Gasteiger partial charge in [0, 0.05) is 28.4 Å². The van der Waals surface area contributed by atoms with Crippen molar-refractivity contribution in [2.45, 2.75) is 6.92 Å². The second-order valence-corrected chi connectivity index (χ2v) is 7.78. The lowest BCUT2D eigenvalue weighted by molar-refractivity contribution is -0.385. The number of para-hydroxylation sites is 1. The highest BCUT2D eigenvalue weighted by Gasteiger charge is 2.18. The van der Waals surface area contributed by atoms with Crippen molar-refractivity contribution in [1.82, 2.24) is 4.98 Å². The quantitative estimate of drug-likeness (QED) is 0.318. The van der Waals surface area contributed by atoms with Crippen LogP contribution in [-0.4, -0.2) is 15.8 Å². The Labute approximate surface area is 174 Å². The number of carbonyl (C=O) groups excluding carboxylic acids is 1. The molecule has 0 aliphatic heterocycles. The summed E-state index contributed by atoms with van der Waals surface area (Å²) in [5, 5.41) is 15.2. The summed E-state index contributed by atoms with van der Waals surface area (Å²) >= 11 is 7.88. The van der Waals surface area contributed by atoms with Crippen LogP contribution < -0.4 is 5.32 Å². The molecule has 0 atom stereocenters. The van der Waals surface area contributed by atoms with Crippen LogP contribution in [0.3, 0.4) is 0 Å². The lowest BCUT2D eigenvalue weighted by atomic mass is 10.1. The van der Waals surface area contributed by atoms with Gasteiger partial charge in [0.15, 0.2) is 0 Å². The Hall–Kier alpha value is -3.29. The van der Waals surface area contributed by atoms with Gasteiger partial charge in [-0.3, -0.25) is 14.9 Å². The summed E-state index contributed by atoms with van der Waals surface area (Å²) in [4.78, 5) is 27.9. The molecule has 0 unspecified atom stereocenters. The minimum atomic E-state index is -0.500. The van der Waals surface area contributed by atoms with Crippen molar-refractivity contribution in [3.05, 3.63) is 86.9 Å². The molecule has 1 amide bonds. The van der Waals surface area contributed by atoms with E-state index in [2.05, 4.69) is 10.3 Å². The van der Waals surface area contributed by atoms with E-state index in [9.17, 15) is 14.9 Å². The first-order valence-corrected chi connectivity index (χ1v) is 9.84. The van der Waals surface area contributed by atoms with E-state index < -0.39 is 10.8 Å². The zero-order chi connectivity index (χ0) is 20.5. The Morgan fingerprint density at radius 2 is 1.93 bits per heavy atom. The molecule has 1 heterocycles. The molecule has 0 bridgehead atoms. The second-order valence-electron chi connectivity index (χ2n) is 6.34. The molecule has 0 spiro atoms. The first-order valence-electron chi connectivity index (χ1n) is 8.65. The molecule has 4 aromatic rings. The van der Waals surface area contributed by atoms with E-state index in [1.165, 1.54) is 23.5 Å². The minimum Gasteiger partial charge on any atom is -0.322 e. The molecule has 0 aliphatic rings. The molecule has 4 rings (SSSR count). The number of rotatable bonds is 4. The number of nitro groups is 1. The zero-order valence-corrected chi connectivity index (χ0v) is 16.8. The number of benzene rings is 3. The maximum Gasteiger partial charge on any atom is 0.273 e. The Morgan fingerprint density at radius 1 is 1.14 bits per heavy atom. The van der Waals surface area contributed by atoms with Gasteiger partial charge in [0.25, 0.3) is 11.6 Å². The molecule has 29 heavy (non-hydrogen) atoms. The van der Waals surface area contributed by atoms with Crippen LogP contribution in [0.2, 0.25) is 5.02 Å². The maximum atomic E-state index is 12.7. The lowest BCUT2D eigenvalue weighted by Crippen LogP contribution is -2.14. The van der Waals surface area contributed by atoms with Crippen LogP contribution in [0.4, 0.5) is 11.4 Å². The fraction of sp³-hybridized carbons (Fsp3) is 0.0476. The molecular formula is C21H14ClN3O3S. The van der Waals surface area contributed by atoms with Gasteiger partial charge in [-0.1, -0.05) is 29.8 Å². The van der Waals surface area contributed by atoms with Crippen LogP contribution in [0.25, 0.3) is 20.8 Å². The summed E-state index contributed by atoms with van der Waals surface area (Å²) in [7, 11) is 0. The normalized spacial score (nSPS) is 10.8. The summed E-state index contributed by atoms with van der Waals surface area (Å²) < 4.78 is 1.04. The van der Waals surface area contributed by atoms with E-state index in [1.54, 1.807) is 31.2 Å². The van der Waals surface area contributed by atoms with Crippen molar-refractivity contribution < 1.29 is 9.72 Å². The van der Waals surface area contributed by atoms with Crippen molar-refractivity contribution in [2.75, 3.05) is 5.32 Å². The number of halogens is 1. The third kappa shape index (κ3) is 3.70. The van der Waals surface area contributed by atoms with E-state index >= 15 is 0 Å². The third-order valence-corrected chi connectivity index (χ3v) is 5.89. The number of amides is 1. The number of aromatic nitrogens is 1. The number of hydrogen-bond acceptors (Lipinski definition) is 5. The zero-order valence-electron chi connectivity index (χ0n) is 15.2. The van der Waals surface area contributed by atoms with Crippen molar-refractivity contribution in [3.8, 4) is 10.6 Å². The average Bonchev–Trinajstić information content (AvgIpc) is 3.13. The number of nitro benzene ring substituents is 1. The highest BCUT2D eigenvalue weighted by molar-refractivity contribution is 7.21. The van der Waals surface area contributed by atoms with Gasteiger partial charge in [-0.25, -0.2) is 4.98 Å². The largest absolute Gasteiger partial charge is 0.322 e. The topological polar surface area (TPSA) is 85.1 Å². The van der Waals surface area contributed by atoms with Crippen LogP contribution in [0, 0.1) is 17.0 Å². The summed E-state index contributed by atoms with van der Waals surface area (Å²) in [5.41, 5.74) is 2.58.